The molecule has 134 valence electrons. The lowest BCUT2D eigenvalue weighted by molar-refractivity contribution is 0.126. The topological polar surface area (TPSA) is 50.7 Å². The first-order valence-electron chi connectivity index (χ1n) is 8.40. The van der Waals surface area contributed by atoms with Gasteiger partial charge in [0, 0.05) is 29.4 Å². The quantitative estimate of drug-likeness (QED) is 0.829. The first-order valence-corrected chi connectivity index (χ1v) is 8.78. The molecule has 25 heavy (non-hydrogen) atoms. The molecule has 0 spiro atoms. The predicted molar refractivity (Wildman–Crippen MR) is 99.8 cm³/mol. The van der Waals surface area contributed by atoms with Crippen molar-refractivity contribution >= 4 is 11.6 Å². The van der Waals surface area contributed by atoms with Crippen LogP contribution in [0.3, 0.4) is 0 Å². The molecule has 2 N–H and O–H groups in total. The number of methoxy groups -OCH3 is 2. The average Bonchev–Trinajstić information content (AvgIpc) is 3.05. The number of aliphatic hydroxyl groups is 1. The summed E-state index contributed by atoms with van der Waals surface area (Å²) >= 11 is 6.43. The highest BCUT2D eigenvalue weighted by molar-refractivity contribution is 6.31. The fraction of sp³-hybridized carbons (Fsp3) is 0.400. The minimum atomic E-state index is -0.301. The van der Waals surface area contributed by atoms with E-state index in [0.29, 0.717) is 11.5 Å². The van der Waals surface area contributed by atoms with E-state index >= 15 is 0 Å². The molecule has 2 unspecified atom stereocenters. The predicted octanol–water partition coefficient (Wildman–Crippen LogP) is 3.27. The first kappa shape index (κ1) is 18.1. The minimum absolute atomic E-state index is 0.0875. The van der Waals surface area contributed by atoms with Gasteiger partial charge in [0.1, 0.15) is 0 Å². The highest BCUT2D eigenvalue weighted by atomic mass is 35.5. The van der Waals surface area contributed by atoms with Crippen LogP contribution >= 0.6 is 11.6 Å². The van der Waals surface area contributed by atoms with E-state index in [-0.39, 0.29) is 17.9 Å². The number of benzene rings is 2. The number of halogens is 1. The molecule has 3 rings (SSSR count). The van der Waals surface area contributed by atoms with Crippen molar-refractivity contribution in [2.75, 3.05) is 33.9 Å². The summed E-state index contributed by atoms with van der Waals surface area (Å²) in [6.07, 6.45) is 0.729. The van der Waals surface area contributed by atoms with Gasteiger partial charge in [0.2, 0.25) is 0 Å². The number of aliphatic hydroxyl groups excluding tert-OH is 1. The van der Waals surface area contributed by atoms with Gasteiger partial charge in [-0.05, 0) is 35.7 Å². The number of nitrogens with one attached hydrogen (secondary N) is 1. The first-order chi connectivity index (χ1) is 12.1. The molecular weight excluding hydrogens is 338 g/mol. The molecule has 2 aromatic carbocycles. The molecule has 0 amide bonds. The Morgan fingerprint density at radius 1 is 1.16 bits per heavy atom. The molecular formula is C20H24ClNO3. The normalized spacial score (nSPS) is 22.8. The third-order valence-electron chi connectivity index (χ3n) is 5.16. The average molecular weight is 362 g/mol. The molecule has 0 saturated carbocycles. The fourth-order valence-electron chi connectivity index (χ4n) is 3.81. The van der Waals surface area contributed by atoms with Gasteiger partial charge < -0.3 is 19.9 Å². The number of hydrogen-bond acceptors (Lipinski definition) is 4. The molecule has 0 aromatic heterocycles. The Labute approximate surface area is 153 Å². The van der Waals surface area contributed by atoms with E-state index < -0.39 is 0 Å². The lowest BCUT2D eigenvalue weighted by Gasteiger charge is -2.34. The molecule has 0 radical (unpaired) electrons. The Morgan fingerprint density at radius 2 is 1.92 bits per heavy atom. The summed E-state index contributed by atoms with van der Waals surface area (Å²) in [6, 6.07) is 13.8. The van der Waals surface area contributed by atoms with Crippen molar-refractivity contribution in [1.29, 1.82) is 0 Å². The lowest BCUT2D eigenvalue weighted by Crippen LogP contribution is -2.35. The van der Waals surface area contributed by atoms with Gasteiger partial charge >= 0.3 is 0 Å². The second-order valence-electron chi connectivity index (χ2n) is 6.59. The molecule has 2 aromatic rings. The van der Waals surface area contributed by atoms with E-state index in [0.717, 1.165) is 35.7 Å². The van der Waals surface area contributed by atoms with E-state index in [2.05, 4.69) is 11.4 Å². The van der Waals surface area contributed by atoms with Crippen LogP contribution in [0.4, 0.5) is 0 Å². The minimum Gasteiger partial charge on any atom is -0.493 e. The van der Waals surface area contributed by atoms with Crippen molar-refractivity contribution in [2.24, 2.45) is 5.41 Å². The van der Waals surface area contributed by atoms with Crippen LogP contribution in [0.25, 0.3) is 0 Å². The summed E-state index contributed by atoms with van der Waals surface area (Å²) in [5, 5.41) is 14.5. The summed E-state index contributed by atoms with van der Waals surface area (Å²) in [4.78, 5) is 0. The Hall–Kier alpha value is -1.75. The summed E-state index contributed by atoms with van der Waals surface area (Å²) < 4.78 is 10.7. The third-order valence-corrected chi connectivity index (χ3v) is 5.51. The largest absolute Gasteiger partial charge is 0.493 e. The highest BCUT2D eigenvalue weighted by Crippen LogP contribution is 2.44. The highest BCUT2D eigenvalue weighted by Gasteiger charge is 2.44. The second-order valence-corrected chi connectivity index (χ2v) is 7.00. The standard InChI is InChI=1S/C20H24ClNO3/c1-24-18-8-7-14(9-19(18)25-2)10-20(13-23)12-22-11-16(20)15-5-3-4-6-17(15)21/h3-9,16,22-23H,10-13H2,1-2H3. The molecule has 0 bridgehead atoms. The molecule has 1 aliphatic heterocycles. The molecule has 1 saturated heterocycles. The van der Waals surface area contributed by atoms with Gasteiger partial charge in [-0.3, -0.25) is 0 Å². The Kier molecular flexibility index (Phi) is 5.52. The van der Waals surface area contributed by atoms with Gasteiger partial charge in [-0.1, -0.05) is 35.9 Å². The summed E-state index contributed by atoms with van der Waals surface area (Å²) in [5.41, 5.74) is 1.89. The van der Waals surface area contributed by atoms with Crippen LogP contribution in [0.5, 0.6) is 11.5 Å². The maximum atomic E-state index is 10.3. The van der Waals surface area contributed by atoms with E-state index in [1.54, 1.807) is 14.2 Å². The maximum absolute atomic E-state index is 10.3. The van der Waals surface area contributed by atoms with Crippen LogP contribution in [-0.2, 0) is 6.42 Å². The Morgan fingerprint density at radius 3 is 2.60 bits per heavy atom. The number of rotatable bonds is 6. The van der Waals surface area contributed by atoms with Crippen LogP contribution in [0.2, 0.25) is 5.02 Å². The van der Waals surface area contributed by atoms with Crippen molar-refractivity contribution in [1.82, 2.24) is 5.32 Å². The van der Waals surface area contributed by atoms with Crippen LogP contribution in [0.1, 0.15) is 17.0 Å². The van der Waals surface area contributed by atoms with Gasteiger partial charge in [-0.25, -0.2) is 0 Å². The molecule has 4 nitrogen and oxygen atoms in total. The zero-order valence-corrected chi connectivity index (χ0v) is 15.3. The summed E-state index contributed by atoms with van der Waals surface area (Å²) in [6.45, 7) is 1.63. The fourth-order valence-corrected chi connectivity index (χ4v) is 4.07. The maximum Gasteiger partial charge on any atom is 0.160 e. The van der Waals surface area contributed by atoms with Crippen molar-refractivity contribution in [3.8, 4) is 11.5 Å². The Bertz CT molecular complexity index is 737. The van der Waals surface area contributed by atoms with Crippen molar-refractivity contribution < 1.29 is 14.6 Å². The van der Waals surface area contributed by atoms with Crippen molar-refractivity contribution in [3.63, 3.8) is 0 Å². The monoisotopic (exact) mass is 361 g/mol. The van der Waals surface area contributed by atoms with Gasteiger partial charge in [0.15, 0.2) is 11.5 Å². The smallest absolute Gasteiger partial charge is 0.160 e. The van der Waals surface area contributed by atoms with Crippen LogP contribution < -0.4 is 14.8 Å². The zero-order chi connectivity index (χ0) is 17.9. The molecule has 2 atom stereocenters. The van der Waals surface area contributed by atoms with Gasteiger partial charge in [0.25, 0.3) is 0 Å². The second kappa shape index (κ2) is 7.65. The summed E-state index contributed by atoms with van der Waals surface area (Å²) in [7, 11) is 3.26. The van der Waals surface area contributed by atoms with Crippen LogP contribution in [-0.4, -0.2) is 39.0 Å². The summed E-state index contributed by atoms with van der Waals surface area (Å²) in [5.74, 6) is 1.56. The van der Waals surface area contributed by atoms with Crippen molar-refractivity contribution in [2.45, 2.75) is 12.3 Å². The van der Waals surface area contributed by atoms with E-state index in [1.165, 1.54) is 0 Å². The van der Waals surface area contributed by atoms with Crippen LogP contribution in [0, 0.1) is 5.41 Å². The number of hydrogen-bond donors (Lipinski definition) is 2. The molecule has 0 aliphatic carbocycles. The van der Waals surface area contributed by atoms with Gasteiger partial charge in [0.05, 0.1) is 20.8 Å². The van der Waals surface area contributed by atoms with Crippen LogP contribution in [0.15, 0.2) is 42.5 Å². The van der Waals surface area contributed by atoms with Gasteiger partial charge in [-0.2, -0.15) is 0 Å². The van der Waals surface area contributed by atoms with E-state index in [4.69, 9.17) is 21.1 Å². The van der Waals surface area contributed by atoms with E-state index in [1.807, 2.05) is 36.4 Å². The third kappa shape index (κ3) is 3.47. The van der Waals surface area contributed by atoms with Gasteiger partial charge in [-0.15, -0.1) is 0 Å². The molecule has 1 fully saturated rings. The molecule has 1 heterocycles. The molecule has 1 aliphatic rings. The zero-order valence-electron chi connectivity index (χ0n) is 14.6. The molecule has 5 heteroatoms. The van der Waals surface area contributed by atoms with E-state index in [9.17, 15) is 5.11 Å². The lowest BCUT2D eigenvalue weighted by atomic mass is 9.71. The van der Waals surface area contributed by atoms with Crippen molar-refractivity contribution in [3.05, 3.63) is 58.6 Å². The number of ether oxygens (including phenoxy) is 2. The SMILES string of the molecule is COc1ccc(CC2(CO)CNCC2c2ccccc2Cl)cc1OC. The Balaban J connectivity index is 1.94.